The molecule has 1 N–H and O–H groups in total. The average molecular weight is 360 g/mol. The highest BCUT2D eigenvalue weighted by Crippen LogP contribution is 2.25. The van der Waals surface area contributed by atoms with Crippen LogP contribution in [-0.4, -0.2) is 65.6 Å². The Morgan fingerprint density at radius 1 is 1.16 bits per heavy atom. The van der Waals surface area contributed by atoms with E-state index in [9.17, 15) is 9.59 Å². The van der Waals surface area contributed by atoms with Crippen LogP contribution in [0.15, 0.2) is 24.3 Å². The Kier molecular flexibility index (Phi) is 4.54. The number of para-hydroxylation sites is 1. The molecule has 0 unspecified atom stereocenters. The smallest absolute Gasteiger partial charge is 0.323 e. The number of carbonyl (C=O) groups is 2. The number of benzene rings is 1. The highest BCUT2D eigenvalue weighted by Gasteiger charge is 2.31. The van der Waals surface area contributed by atoms with Gasteiger partial charge in [-0.3, -0.25) is 10.1 Å². The van der Waals surface area contributed by atoms with Crippen LogP contribution in [0.5, 0.6) is 0 Å². The second-order valence-electron chi connectivity index (χ2n) is 6.23. The largest absolute Gasteiger partial charge is 0.368 e. The van der Waals surface area contributed by atoms with Crippen molar-refractivity contribution in [3.8, 4) is 0 Å². The van der Waals surface area contributed by atoms with Crippen molar-refractivity contribution in [2.24, 2.45) is 0 Å². The molecule has 0 radical (unpaired) electrons. The molecular weight excluding hydrogens is 340 g/mol. The highest BCUT2D eigenvalue weighted by molar-refractivity contribution is 7.22. The van der Waals surface area contributed by atoms with Gasteiger partial charge in [0.05, 0.1) is 10.2 Å². The van der Waals surface area contributed by atoms with E-state index in [4.69, 9.17) is 4.74 Å². The van der Waals surface area contributed by atoms with Crippen LogP contribution in [0.2, 0.25) is 0 Å². The van der Waals surface area contributed by atoms with E-state index in [0.717, 1.165) is 23.1 Å². The fourth-order valence-corrected chi connectivity index (χ4v) is 4.06. The molecule has 2 aliphatic heterocycles. The van der Waals surface area contributed by atoms with Crippen molar-refractivity contribution < 1.29 is 14.3 Å². The molecule has 0 saturated carbocycles. The number of piperazine rings is 1. The van der Waals surface area contributed by atoms with Crippen LogP contribution in [0.25, 0.3) is 10.2 Å². The molecule has 1 aromatic heterocycles. The van der Waals surface area contributed by atoms with E-state index in [0.29, 0.717) is 37.9 Å². The lowest BCUT2D eigenvalue weighted by atomic mass is 10.2. The van der Waals surface area contributed by atoms with Gasteiger partial charge in [-0.15, -0.1) is 0 Å². The fourth-order valence-electron chi connectivity index (χ4n) is 3.20. The number of rotatable bonds is 2. The first-order valence-corrected chi connectivity index (χ1v) is 9.34. The number of nitrogens with one attached hydrogen (secondary N) is 1. The first kappa shape index (κ1) is 16.3. The number of amides is 3. The summed E-state index contributed by atoms with van der Waals surface area (Å²) in [7, 11) is 0. The van der Waals surface area contributed by atoms with E-state index >= 15 is 0 Å². The van der Waals surface area contributed by atoms with E-state index < -0.39 is 0 Å². The van der Waals surface area contributed by atoms with Gasteiger partial charge in [0.2, 0.25) is 0 Å². The first-order chi connectivity index (χ1) is 12.2. The number of anilines is 1. The molecule has 1 aromatic carbocycles. The number of urea groups is 1. The van der Waals surface area contributed by atoms with Gasteiger partial charge >= 0.3 is 6.03 Å². The lowest BCUT2D eigenvalue weighted by Crippen LogP contribution is -2.53. The normalized spacial score (nSPS) is 20.9. The SMILES string of the molecule is O=C(Nc1nc2ccccc2s1)N1CCN(C(=O)[C@@H]2CCCO2)CC1. The molecule has 2 aromatic rings. The summed E-state index contributed by atoms with van der Waals surface area (Å²) in [5.41, 5.74) is 0.884. The van der Waals surface area contributed by atoms with Crippen LogP contribution in [0.4, 0.5) is 9.93 Å². The molecule has 0 bridgehead atoms. The standard InChI is InChI=1S/C17H20N4O3S/c22-15(13-5-3-11-24-13)20-7-9-21(10-8-20)17(23)19-16-18-12-4-1-2-6-14(12)25-16/h1-2,4,6,13H,3,5,7-11H2,(H,18,19,23)/t13-/m0/s1. The third kappa shape index (κ3) is 3.45. The maximum Gasteiger partial charge on any atom is 0.323 e. The maximum absolute atomic E-state index is 12.4. The Morgan fingerprint density at radius 3 is 2.64 bits per heavy atom. The molecule has 0 spiro atoms. The lowest BCUT2D eigenvalue weighted by Gasteiger charge is -2.35. The van der Waals surface area contributed by atoms with Crippen molar-refractivity contribution in [3.05, 3.63) is 24.3 Å². The molecular formula is C17H20N4O3S. The molecule has 3 heterocycles. The van der Waals surface area contributed by atoms with E-state index in [2.05, 4.69) is 10.3 Å². The molecule has 3 amide bonds. The minimum atomic E-state index is -0.289. The summed E-state index contributed by atoms with van der Waals surface area (Å²) in [4.78, 5) is 32.7. The number of aromatic nitrogens is 1. The summed E-state index contributed by atoms with van der Waals surface area (Å²) in [6.07, 6.45) is 1.46. The van der Waals surface area contributed by atoms with Crippen LogP contribution in [0, 0.1) is 0 Å². The third-order valence-corrected chi connectivity index (χ3v) is 5.54. The van der Waals surface area contributed by atoms with Crippen LogP contribution in [0.1, 0.15) is 12.8 Å². The highest BCUT2D eigenvalue weighted by atomic mass is 32.1. The average Bonchev–Trinajstić information content (AvgIpc) is 3.30. The molecule has 25 heavy (non-hydrogen) atoms. The summed E-state index contributed by atoms with van der Waals surface area (Å²) in [5.74, 6) is 0.0590. The van der Waals surface area contributed by atoms with Crippen molar-refractivity contribution in [2.45, 2.75) is 18.9 Å². The van der Waals surface area contributed by atoms with Gasteiger partial charge in [-0.2, -0.15) is 0 Å². The summed E-state index contributed by atoms with van der Waals surface area (Å²) >= 11 is 1.46. The lowest BCUT2D eigenvalue weighted by molar-refractivity contribution is -0.142. The van der Waals surface area contributed by atoms with Crippen LogP contribution in [0.3, 0.4) is 0 Å². The van der Waals surface area contributed by atoms with Gasteiger partial charge in [0, 0.05) is 32.8 Å². The summed E-state index contributed by atoms with van der Waals surface area (Å²) in [6, 6.07) is 7.63. The van der Waals surface area contributed by atoms with Crippen LogP contribution in [-0.2, 0) is 9.53 Å². The molecule has 132 valence electrons. The van der Waals surface area contributed by atoms with Crippen molar-refractivity contribution >= 4 is 38.6 Å². The minimum absolute atomic E-state index is 0.0590. The van der Waals surface area contributed by atoms with Crippen LogP contribution >= 0.6 is 11.3 Å². The zero-order valence-electron chi connectivity index (χ0n) is 13.8. The Hall–Kier alpha value is -2.19. The monoisotopic (exact) mass is 360 g/mol. The molecule has 2 saturated heterocycles. The van der Waals surface area contributed by atoms with E-state index in [1.54, 1.807) is 9.80 Å². The second-order valence-corrected chi connectivity index (χ2v) is 7.26. The first-order valence-electron chi connectivity index (χ1n) is 8.52. The number of carbonyl (C=O) groups excluding carboxylic acids is 2. The predicted octanol–water partition coefficient (Wildman–Crippen LogP) is 2.15. The predicted molar refractivity (Wildman–Crippen MR) is 95.8 cm³/mol. The molecule has 2 aliphatic rings. The second kappa shape index (κ2) is 6.97. The summed E-state index contributed by atoms with van der Waals surface area (Å²) in [6.45, 7) is 2.81. The quantitative estimate of drug-likeness (QED) is 0.890. The van der Waals surface area contributed by atoms with E-state index in [1.807, 2.05) is 24.3 Å². The van der Waals surface area contributed by atoms with Gasteiger partial charge in [0.1, 0.15) is 6.10 Å². The van der Waals surface area contributed by atoms with Gasteiger partial charge in [-0.25, -0.2) is 9.78 Å². The zero-order chi connectivity index (χ0) is 17.2. The zero-order valence-corrected chi connectivity index (χ0v) is 14.6. The van der Waals surface area contributed by atoms with Crippen molar-refractivity contribution in [3.63, 3.8) is 0 Å². The third-order valence-electron chi connectivity index (χ3n) is 4.59. The Bertz CT molecular complexity index is 746. The number of fused-ring (bicyclic) bond motifs is 1. The van der Waals surface area contributed by atoms with Crippen LogP contribution < -0.4 is 5.32 Å². The number of thiazole rings is 1. The van der Waals surface area contributed by atoms with Crippen molar-refractivity contribution in [1.29, 1.82) is 0 Å². The van der Waals surface area contributed by atoms with Gasteiger partial charge in [0.15, 0.2) is 5.13 Å². The summed E-state index contributed by atoms with van der Waals surface area (Å²) < 4.78 is 6.51. The molecule has 1 atom stereocenters. The number of nitrogens with zero attached hydrogens (tertiary/aromatic N) is 3. The Balaban J connectivity index is 1.32. The van der Waals surface area contributed by atoms with Crippen molar-refractivity contribution in [1.82, 2.24) is 14.8 Å². The molecule has 7 nitrogen and oxygen atoms in total. The molecule has 2 fully saturated rings. The topological polar surface area (TPSA) is 74.8 Å². The summed E-state index contributed by atoms with van der Waals surface area (Å²) in [5, 5.41) is 3.47. The van der Waals surface area contributed by atoms with Gasteiger partial charge in [-0.05, 0) is 25.0 Å². The molecule has 8 heteroatoms. The Morgan fingerprint density at radius 2 is 1.92 bits per heavy atom. The van der Waals surface area contributed by atoms with E-state index in [1.165, 1.54) is 11.3 Å². The molecule has 4 rings (SSSR count). The number of ether oxygens (including phenoxy) is 1. The van der Waals surface area contributed by atoms with Gasteiger partial charge in [0.25, 0.3) is 5.91 Å². The number of hydrogen-bond acceptors (Lipinski definition) is 5. The van der Waals surface area contributed by atoms with Gasteiger partial charge in [-0.1, -0.05) is 23.5 Å². The molecule has 0 aliphatic carbocycles. The van der Waals surface area contributed by atoms with Gasteiger partial charge < -0.3 is 14.5 Å². The van der Waals surface area contributed by atoms with Crippen molar-refractivity contribution in [2.75, 3.05) is 38.1 Å². The van der Waals surface area contributed by atoms with E-state index in [-0.39, 0.29) is 18.0 Å². The fraction of sp³-hybridized carbons (Fsp3) is 0.471. The number of hydrogen-bond donors (Lipinski definition) is 1. The Labute approximate surface area is 149 Å². The maximum atomic E-state index is 12.4. The minimum Gasteiger partial charge on any atom is -0.368 e.